The van der Waals surface area contributed by atoms with Gasteiger partial charge in [-0.05, 0) is 67.4 Å². The Bertz CT molecular complexity index is 1220. The van der Waals surface area contributed by atoms with Gasteiger partial charge in [0.2, 0.25) is 5.69 Å². The van der Waals surface area contributed by atoms with E-state index < -0.39 is 0 Å². The number of benzene rings is 3. The predicted molar refractivity (Wildman–Crippen MR) is 134 cm³/mol. The number of hydrogen-bond donors (Lipinski definition) is 0. The molecule has 0 radical (unpaired) electrons. The van der Waals surface area contributed by atoms with Crippen LogP contribution in [-0.2, 0) is 5.41 Å². The van der Waals surface area contributed by atoms with Gasteiger partial charge in [0.1, 0.15) is 0 Å². The second-order valence-electron chi connectivity index (χ2n) is 8.43. The van der Waals surface area contributed by atoms with E-state index in [1.54, 1.807) is 0 Å². The Kier molecular flexibility index (Phi) is 5.14. The molecule has 0 unspecified atom stereocenters. The maximum Gasteiger partial charge on any atom is 0.218 e. The molecule has 4 aromatic rings. The SMILES string of the molecule is C=C1[n+]2ccccc2-c2cc(N(c3ccccc3)c3ccccc3)ccc2C1(CC)CC. The molecule has 0 fully saturated rings. The fourth-order valence-corrected chi connectivity index (χ4v) is 5.22. The Morgan fingerprint density at radius 3 is 1.91 bits per heavy atom. The van der Waals surface area contributed by atoms with Crippen LogP contribution in [0.4, 0.5) is 17.1 Å². The fraction of sp³-hybridized carbons (Fsp3) is 0.167. The van der Waals surface area contributed by atoms with Crippen molar-refractivity contribution in [3.8, 4) is 11.3 Å². The minimum atomic E-state index is -0.0583. The summed E-state index contributed by atoms with van der Waals surface area (Å²) in [6, 6.07) is 34.6. The molecule has 0 atom stereocenters. The Labute approximate surface area is 191 Å². The van der Waals surface area contributed by atoms with Crippen molar-refractivity contribution in [1.82, 2.24) is 0 Å². The summed E-state index contributed by atoms with van der Waals surface area (Å²) in [7, 11) is 0. The zero-order valence-corrected chi connectivity index (χ0v) is 18.8. The number of allylic oxidation sites excluding steroid dienone is 1. The quantitative estimate of drug-likeness (QED) is 0.302. The summed E-state index contributed by atoms with van der Waals surface area (Å²) in [4.78, 5) is 2.33. The molecule has 32 heavy (non-hydrogen) atoms. The molecule has 2 heteroatoms. The standard InChI is InChI=1S/C30H29N2/c1-4-30(5-2)23(3)31-21-13-12-18-29(31)27-22-26(19-20-28(27)30)32(24-14-8-6-9-15-24)25-16-10-7-11-17-25/h6-22H,3-5H2,1-2H3/q+1. The van der Waals surface area contributed by atoms with Gasteiger partial charge in [-0.1, -0.05) is 56.3 Å². The van der Waals surface area contributed by atoms with E-state index >= 15 is 0 Å². The third-order valence-electron chi connectivity index (χ3n) is 6.99. The van der Waals surface area contributed by atoms with Gasteiger partial charge in [0.05, 0.1) is 11.0 Å². The topological polar surface area (TPSA) is 7.12 Å². The number of nitrogens with zero attached hydrogens (tertiary/aromatic N) is 2. The van der Waals surface area contributed by atoms with Crippen LogP contribution >= 0.6 is 0 Å². The molecule has 5 rings (SSSR count). The summed E-state index contributed by atoms with van der Waals surface area (Å²) in [6.45, 7) is 9.11. The van der Waals surface area contributed by atoms with Gasteiger partial charge in [0, 0.05) is 29.2 Å². The fourth-order valence-electron chi connectivity index (χ4n) is 5.22. The lowest BCUT2D eigenvalue weighted by molar-refractivity contribution is -0.577. The van der Waals surface area contributed by atoms with Gasteiger partial charge < -0.3 is 4.90 Å². The lowest BCUT2D eigenvalue weighted by Crippen LogP contribution is -2.48. The van der Waals surface area contributed by atoms with Gasteiger partial charge in [-0.25, -0.2) is 0 Å². The number of anilines is 3. The van der Waals surface area contributed by atoms with Crippen LogP contribution in [0, 0.1) is 0 Å². The molecule has 1 aromatic heterocycles. The molecule has 0 aliphatic carbocycles. The minimum Gasteiger partial charge on any atom is -0.310 e. The first-order valence-corrected chi connectivity index (χ1v) is 11.4. The largest absolute Gasteiger partial charge is 0.310 e. The monoisotopic (exact) mass is 417 g/mol. The Hall–Kier alpha value is -3.65. The van der Waals surface area contributed by atoms with E-state index in [0.717, 1.165) is 29.9 Å². The molecule has 3 aromatic carbocycles. The molecule has 0 saturated carbocycles. The molecular formula is C30H29N2+. The van der Waals surface area contributed by atoms with Crippen LogP contribution in [0.1, 0.15) is 32.3 Å². The van der Waals surface area contributed by atoms with E-state index in [-0.39, 0.29) is 5.41 Å². The first-order valence-electron chi connectivity index (χ1n) is 11.4. The van der Waals surface area contributed by atoms with Crippen molar-refractivity contribution in [2.75, 3.05) is 4.90 Å². The number of para-hydroxylation sites is 2. The molecule has 1 aliphatic rings. The van der Waals surface area contributed by atoms with Crippen molar-refractivity contribution in [3.63, 3.8) is 0 Å². The highest BCUT2D eigenvalue weighted by molar-refractivity contribution is 5.82. The molecule has 0 spiro atoms. The van der Waals surface area contributed by atoms with Gasteiger partial charge in [-0.15, -0.1) is 0 Å². The Balaban J connectivity index is 1.76. The van der Waals surface area contributed by atoms with Gasteiger partial charge in [0.25, 0.3) is 0 Å². The van der Waals surface area contributed by atoms with E-state index in [2.05, 4.69) is 133 Å². The second-order valence-corrected chi connectivity index (χ2v) is 8.43. The third-order valence-corrected chi connectivity index (χ3v) is 6.99. The summed E-state index contributed by atoms with van der Waals surface area (Å²) < 4.78 is 2.29. The van der Waals surface area contributed by atoms with Crippen molar-refractivity contribution < 1.29 is 4.57 Å². The molecule has 0 amide bonds. The van der Waals surface area contributed by atoms with Crippen LogP contribution in [-0.4, -0.2) is 0 Å². The van der Waals surface area contributed by atoms with Crippen LogP contribution in [0.15, 0.2) is 110 Å². The van der Waals surface area contributed by atoms with Crippen LogP contribution in [0.5, 0.6) is 0 Å². The lowest BCUT2D eigenvalue weighted by atomic mass is 9.69. The van der Waals surface area contributed by atoms with Gasteiger partial charge in [-0.2, -0.15) is 4.57 Å². The number of pyridine rings is 1. The van der Waals surface area contributed by atoms with Crippen molar-refractivity contribution in [1.29, 1.82) is 0 Å². The second kappa shape index (κ2) is 8.12. The number of aromatic nitrogens is 1. The zero-order valence-electron chi connectivity index (χ0n) is 18.8. The molecule has 1 aliphatic heterocycles. The molecule has 0 N–H and O–H groups in total. The summed E-state index contributed by atoms with van der Waals surface area (Å²) in [5, 5.41) is 0. The minimum absolute atomic E-state index is 0.0583. The normalized spacial score (nSPS) is 13.9. The summed E-state index contributed by atoms with van der Waals surface area (Å²) in [6.07, 6.45) is 4.20. The summed E-state index contributed by atoms with van der Waals surface area (Å²) >= 11 is 0. The van der Waals surface area contributed by atoms with Gasteiger partial charge in [0.15, 0.2) is 11.9 Å². The van der Waals surface area contributed by atoms with E-state index in [1.807, 2.05) is 0 Å². The Morgan fingerprint density at radius 2 is 1.31 bits per heavy atom. The number of rotatable bonds is 5. The van der Waals surface area contributed by atoms with E-state index in [9.17, 15) is 0 Å². The van der Waals surface area contributed by atoms with Crippen LogP contribution in [0.25, 0.3) is 17.0 Å². The molecule has 158 valence electrons. The zero-order chi connectivity index (χ0) is 22.1. The molecule has 2 nitrogen and oxygen atoms in total. The predicted octanol–water partition coefficient (Wildman–Crippen LogP) is 7.65. The highest BCUT2D eigenvalue weighted by Gasteiger charge is 2.45. The maximum absolute atomic E-state index is 4.55. The van der Waals surface area contributed by atoms with Crippen molar-refractivity contribution in [3.05, 3.63) is 115 Å². The van der Waals surface area contributed by atoms with E-state index in [1.165, 1.54) is 22.5 Å². The Morgan fingerprint density at radius 1 is 0.719 bits per heavy atom. The molecule has 0 bridgehead atoms. The van der Waals surface area contributed by atoms with Crippen molar-refractivity contribution >= 4 is 22.8 Å². The van der Waals surface area contributed by atoms with Gasteiger partial charge in [-0.3, -0.25) is 0 Å². The maximum atomic E-state index is 4.55. The van der Waals surface area contributed by atoms with Crippen molar-refractivity contribution in [2.45, 2.75) is 32.1 Å². The summed E-state index contributed by atoms with van der Waals surface area (Å²) in [5.41, 5.74) is 8.44. The van der Waals surface area contributed by atoms with E-state index in [0.29, 0.717) is 0 Å². The average molecular weight is 418 g/mol. The van der Waals surface area contributed by atoms with E-state index in [4.69, 9.17) is 0 Å². The van der Waals surface area contributed by atoms with Crippen LogP contribution in [0.2, 0.25) is 0 Å². The first-order chi connectivity index (χ1) is 15.7. The number of fused-ring (bicyclic) bond motifs is 3. The third kappa shape index (κ3) is 3.06. The molecular weight excluding hydrogens is 388 g/mol. The smallest absolute Gasteiger partial charge is 0.218 e. The first kappa shape index (κ1) is 20.3. The highest BCUT2D eigenvalue weighted by atomic mass is 15.1. The average Bonchev–Trinajstić information content (AvgIpc) is 2.87. The number of hydrogen-bond acceptors (Lipinski definition) is 1. The highest BCUT2D eigenvalue weighted by Crippen LogP contribution is 2.48. The molecule has 0 saturated heterocycles. The lowest BCUT2D eigenvalue weighted by Gasteiger charge is -2.36. The van der Waals surface area contributed by atoms with Crippen LogP contribution in [0.3, 0.4) is 0 Å². The van der Waals surface area contributed by atoms with Crippen LogP contribution < -0.4 is 9.47 Å². The van der Waals surface area contributed by atoms with Crippen molar-refractivity contribution in [2.24, 2.45) is 0 Å². The summed E-state index contributed by atoms with van der Waals surface area (Å²) in [5.74, 6) is 0. The molecule has 2 heterocycles. The van der Waals surface area contributed by atoms with Gasteiger partial charge >= 0.3 is 0 Å².